The molecule has 2 aromatic rings. The van der Waals surface area contributed by atoms with E-state index in [-0.39, 0.29) is 0 Å². The first-order chi connectivity index (χ1) is 11.3. The predicted molar refractivity (Wildman–Crippen MR) is 87.5 cm³/mol. The summed E-state index contributed by atoms with van der Waals surface area (Å²) in [7, 11) is 1.74. The van der Waals surface area contributed by atoms with Crippen molar-refractivity contribution in [3.05, 3.63) is 36.0 Å². The normalized spacial score (nSPS) is 18.3. The van der Waals surface area contributed by atoms with E-state index >= 15 is 0 Å². The van der Waals surface area contributed by atoms with Crippen LogP contribution in [-0.2, 0) is 4.74 Å². The Hall–Kier alpha value is -2.12. The Balaban J connectivity index is 1.79. The topological polar surface area (TPSA) is 76.1 Å². The maximum atomic E-state index is 5.21. The average molecular weight is 314 g/mol. The molecule has 1 fully saturated rings. The summed E-state index contributed by atoms with van der Waals surface area (Å²) < 4.78 is 5.21. The van der Waals surface area contributed by atoms with Gasteiger partial charge in [0.05, 0.1) is 18.3 Å². The van der Waals surface area contributed by atoms with Crippen molar-refractivity contribution in [2.24, 2.45) is 0 Å². The van der Waals surface area contributed by atoms with Gasteiger partial charge < -0.3 is 10.1 Å². The highest BCUT2D eigenvalue weighted by molar-refractivity contribution is 5.48. The van der Waals surface area contributed by atoms with Gasteiger partial charge in [0, 0.05) is 32.1 Å². The van der Waals surface area contributed by atoms with Crippen LogP contribution in [0, 0.1) is 6.92 Å². The van der Waals surface area contributed by atoms with E-state index in [2.05, 4.69) is 30.2 Å². The summed E-state index contributed by atoms with van der Waals surface area (Å²) in [5, 5.41) is 3.15. The summed E-state index contributed by atoms with van der Waals surface area (Å²) in [6, 6.07) is 4.11. The number of hydrogen-bond acceptors (Lipinski definition) is 7. The fourth-order valence-corrected chi connectivity index (χ4v) is 2.94. The summed E-state index contributed by atoms with van der Waals surface area (Å²) in [5.41, 5.74) is 1.05. The highest BCUT2D eigenvalue weighted by atomic mass is 16.5. The van der Waals surface area contributed by atoms with E-state index in [9.17, 15) is 0 Å². The van der Waals surface area contributed by atoms with Gasteiger partial charge in [-0.3, -0.25) is 4.90 Å². The average Bonchev–Trinajstić information content (AvgIpc) is 3.02. The number of nitrogens with zero attached hydrogens (tertiary/aromatic N) is 5. The van der Waals surface area contributed by atoms with Gasteiger partial charge in [-0.25, -0.2) is 19.9 Å². The Kier molecular flexibility index (Phi) is 5.09. The van der Waals surface area contributed by atoms with Gasteiger partial charge in [-0.1, -0.05) is 0 Å². The molecule has 0 amide bonds. The lowest BCUT2D eigenvalue weighted by Crippen LogP contribution is -2.27. The van der Waals surface area contributed by atoms with Crippen LogP contribution in [0.2, 0.25) is 0 Å². The molecule has 1 aliphatic heterocycles. The van der Waals surface area contributed by atoms with Crippen molar-refractivity contribution in [1.82, 2.24) is 24.8 Å². The van der Waals surface area contributed by atoms with Crippen LogP contribution in [0.15, 0.2) is 24.5 Å². The number of methoxy groups -OCH3 is 1. The molecule has 1 aliphatic rings. The third-order valence-corrected chi connectivity index (χ3v) is 3.95. The van der Waals surface area contributed by atoms with Crippen molar-refractivity contribution >= 4 is 11.8 Å². The zero-order chi connectivity index (χ0) is 16.1. The van der Waals surface area contributed by atoms with Crippen molar-refractivity contribution in [3.8, 4) is 0 Å². The Morgan fingerprint density at radius 3 is 2.91 bits per heavy atom. The molecule has 1 atom stereocenters. The molecule has 1 saturated heterocycles. The molecule has 0 spiro atoms. The number of anilines is 2. The lowest BCUT2D eigenvalue weighted by molar-refractivity contribution is 0.140. The highest BCUT2D eigenvalue weighted by Gasteiger charge is 2.27. The minimum absolute atomic E-state index is 0.323. The number of ether oxygens (including phenoxy) is 1. The van der Waals surface area contributed by atoms with Gasteiger partial charge >= 0.3 is 0 Å². The molecule has 0 bridgehead atoms. The van der Waals surface area contributed by atoms with E-state index in [1.54, 1.807) is 25.6 Å². The molecule has 0 unspecified atom stereocenters. The van der Waals surface area contributed by atoms with Crippen LogP contribution < -0.4 is 5.32 Å². The quantitative estimate of drug-likeness (QED) is 0.875. The molecule has 122 valence electrons. The molecule has 0 aliphatic carbocycles. The minimum atomic E-state index is 0.323. The minimum Gasteiger partial charge on any atom is -0.383 e. The van der Waals surface area contributed by atoms with Gasteiger partial charge in [-0.15, -0.1) is 0 Å². The molecule has 3 rings (SSSR count). The largest absolute Gasteiger partial charge is 0.383 e. The third kappa shape index (κ3) is 4.00. The van der Waals surface area contributed by atoms with Crippen LogP contribution in [-0.4, -0.2) is 51.6 Å². The first-order valence-corrected chi connectivity index (χ1v) is 7.89. The number of aromatic nitrogens is 4. The van der Waals surface area contributed by atoms with E-state index < -0.39 is 0 Å². The smallest absolute Gasteiger partial charge is 0.228 e. The van der Waals surface area contributed by atoms with Crippen LogP contribution in [0.4, 0.5) is 11.8 Å². The number of likely N-dealkylation sites (tertiary alicyclic amines) is 1. The standard InChI is InChI=1S/C16H22N6O/c1-12-19-13(14-5-3-8-22(14)9-10-23-2)11-15(20-12)21-16-17-6-4-7-18-16/h4,6-7,11,14H,3,5,8-10H2,1-2H3,(H,17,18,19,20,21)/t14-/m0/s1. The maximum Gasteiger partial charge on any atom is 0.228 e. The molecule has 7 heteroatoms. The first-order valence-electron chi connectivity index (χ1n) is 7.89. The van der Waals surface area contributed by atoms with Crippen molar-refractivity contribution in [1.29, 1.82) is 0 Å². The second kappa shape index (κ2) is 7.43. The van der Waals surface area contributed by atoms with Crippen molar-refractivity contribution < 1.29 is 4.74 Å². The third-order valence-electron chi connectivity index (χ3n) is 3.95. The molecular formula is C16H22N6O. The second-order valence-corrected chi connectivity index (χ2v) is 5.61. The fraction of sp³-hybridized carbons (Fsp3) is 0.500. The van der Waals surface area contributed by atoms with Gasteiger partial charge in [0.15, 0.2) is 0 Å². The van der Waals surface area contributed by atoms with Crippen LogP contribution in [0.25, 0.3) is 0 Å². The Morgan fingerprint density at radius 1 is 1.30 bits per heavy atom. The summed E-state index contributed by atoms with van der Waals surface area (Å²) in [5.74, 6) is 2.02. The lowest BCUT2D eigenvalue weighted by Gasteiger charge is -2.24. The maximum absolute atomic E-state index is 5.21. The Bertz CT molecular complexity index is 636. The SMILES string of the molecule is COCCN1CCC[C@H]1c1cc(Nc2ncccn2)nc(C)n1. The fourth-order valence-electron chi connectivity index (χ4n) is 2.94. The summed E-state index contributed by atoms with van der Waals surface area (Å²) in [6.45, 7) is 4.66. The number of rotatable bonds is 6. The van der Waals surface area contributed by atoms with E-state index in [4.69, 9.17) is 4.74 Å². The van der Waals surface area contributed by atoms with Crippen molar-refractivity contribution in [2.75, 3.05) is 32.1 Å². The van der Waals surface area contributed by atoms with Crippen LogP contribution >= 0.6 is 0 Å². The molecule has 2 aromatic heterocycles. The molecule has 0 saturated carbocycles. The monoisotopic (exact) mass is 314 g/mol. The zero-order valence-corrected chi connectivity index (χ0v) is 13.6. The zero-order valence-electron chi connectivity index (χ0n) is 13.6. The van der Waals surface area contributed by atoms with Crippen LogP contribution in [0.3, 0.4) is 0 Å². The molecule has 0 radical (unpaired) electrons. The summed E-state index contributed by atoms with van der Waals surface area (Å²) in [6.07, 6.45) is 5.70. The van der Waals surface area contributed by atoms with Gasteiger partial charge in [0.25, 0.3) is 0 Å². The second-order valence-electron chi connectivity index (χ2n) is 5.61. The molecule has 3 heterocycles. The van der Waals surface area contributed by atoms with Crippen molar-refractivity contribution in [2.45, 2.75) is 25.8 Å². The number of aryl methyl sites for hydroxylation is 1. The van der Waals surface area contributed by atoms with Crippen molar-refractivity contribution in [3.63, 3.8) is 0 Å². The van der Waals surface area contributed by atoms with Crippen LogP contribution in [0.5, 0.6) is 0 Å². The molecule has 1 N–H and O–H groups in total. The van der Waals surface area contributed by atoms with Crippen LogP contribution in [0.1, 0.15) is 30.4 Å². The summed E-state index contributed by atoms with van der Waals surface area (Å²) in [4.78, 5) is 19.9. The van der Waals surface area contributed by atoms with Gasteiger partial charge in [0.2, 0.25) is 5.95 Å². The molecule has 7 nitrogen and oxygen atoms in total. The van der Waals surface area contributed by atoms with Gasteiger partial charge in [-0.05, 0) is 32.4 Å². The summed E-state index contributed by atoms with van der Waals surface area (Å²) >= 11 is 0. The van der Waals surface area contributed by atoms with E-state index in [1.165, 1.54) is 6.42 Å². The molecule has 23 heavy (non-hydrogen) atoms. The first kappa shape index (κ1) is 15.8. The highest BCUT2D eigenvalue weighted by Crippen LogP contribution is 2.31. The Morgan fingerprint density at radius 2 is 2.13 bits per heavy atom. The molecule has 0 aromatic carbocycles. The number of nitrogens with one attached hydrogen (secondary N) is 1. The van der Waals surface area contributed by atoms with Gasteiger partial charge in [-0.2, -0.15) is 0 Å². The van der Waals surface area contributed by atoms with E-state index in [0.717, 1.165) is 43.5 Å². The number of hydrogen-bond donors (Lipinski definition) is 1. The predicted octanol–water partition coefficient (Wildman–Crippen LogP) is 2.10. The lowest BCUT2D eigenvalue weighted by atomic mass is 10.1. The van der Waals surface area contributed by atoms with E-state index in [0.29, 0.717) is 12.0 Å². The van der Waals surface area contributed by atoms with Gasteiger partial charge in [0.1, 0.15) is 11.6 Å². The van der Waals surface area contributed by atoms with E-state index in [1.807, 2.05) is 13.0 Å². The molecular weight excluding hydrogens is 292 g/mol. The Labute approximate surface area is 136 Å².